The van der Waals surface area contributed by atoms with Crippen molar-refractivity contribution < 1.29 is 13.9 Å². The summed E-state index contributed by atoms with van der Waals surface area (Å²) in [5.74, 6) is 0.766. The largest absolute Gasteiger partial charge is 0.444 e. The average Bonchev–Trinajstić information content (AvgIpc) is 2.64. The summed E-state index contributed by atoms with van der Waals surface area (Å²) in [6.07, 6.45) is 2.76. The number of likely N-dealkylation sites (tertiary alicyclic amines) is 1. The number of rotatable bonds is 4. The third-order valence-corrected chi connectivity index (χ3v) is 4.65. The van der Waals surface area contributed by atoms with Crippen LogP contribution in [0.15, 0.2) is 30.6 Å². The number of anilines is 3. The molecule has 0 aliphatic carbocycles. The number of benzene rings is 1. The van der Waals surface area contributed by atoms with Crippen LogP contribution in [0.4, 0.5) is 26.5 Å². The van der Waals surface area contributed by atoms with Crippen molar-refractivity contribution in [3.8, 4) is 0 Å². The van der Waals surface area contributed by atoms with Crippen LogP contribution in [0, 0.1) is 5.82 Å². The summed E-state index contributed by atoms with van der Waals surface area (Å²) < 4.78 is 18.7. The molecule has 0 spiro atoms. The Bertz CT molecular complexity index is 866. The van der Waals surface area contributed by atoms with Gasteiger partial charge in [-0.15, -0.1) is 0 Å². The van der Waals surface area contributed by atoms with E-state index in [2.05, 4.69) is 20.6 Å². The minimum Gasteiger partial charge on any atom is -0.444 e. The van der Waals surface area contributed by atoms with Crippen LogP contribution in [0.1, 0.15) is 33.6 Å². The Morgan fingerprint density at radius 2 is 1.90 bits per heavy atom. The molecular weight excluding hydrogens is 397 g/mol. The molecule has 29 heavy (non-hydrogen) atoms. The molecule has 1 saturated heterocycles. The van der Waals surface area contributed by atoms with Gasteiger partial charge in [-0.05, 0) is 51.8 Å². The topological polar surface area (TPSA) is 79.4 Å². The molecular formula is C20H25ClFN5O2. The molecule has 2 heterocycles. The molecule has 0 radical (unpaired) electrons. The maximum atomic E-state index is 13.3. The minimum absolute atomic E-state index is 0.0409. The van der Waals surface area contributed by atoms with E-state index in [0.717, 1.165) is 12.8 Å². The van der Waals surface area contributed by atoms with Gasteiger partial charge in [-0.25, -0.2) is 19.2 Å². The molecule has 3 rings (SSSR count). The van der Waals surface area contributed by atoms with E-state index < -0.39 is 11.4 Å². The van der Waals surface area contributed by atoms with E-state index in [4.69, 9.17) is 16.3 Å². The van der Waals surface area contributed by atoms with E-state index in [1.807, 2.05) is 20.8 Å². The first-order valence-electron chi connectivity index (χ1n) is 9.48. The van der Waals surface area contributed by atoms with Gasteiger partial charge >= 0.3 is 6.09 Å². The van der Waals surface area contributed by atoms with Crippen molar-refractivity contribution >= 4 is 35.0 Å². The van der Waals surface area contributed by atoms with Gasteiger partial charge in [0.25, 0.3) is 0 Å². The zero-order valence-corrected chi connectivity index (χ0v) is 17.5. The molecule has 156 valence electrons. The highest BCUT2D eigenvalue weighted by molar-refractivity contribution is 6.31. The molecule has 0 bridgehead atoms. The quantitative estimate of drug-likeness (QED) is 0.736. The molecule has 2 aromatic rings. The first-order chi connectivity index (χ1) is 13.7. The summed E-state index contributed by atoms with van der Waals surface area (Å²) >= 11 is 5.81. The third kappa shape index (κ3) is 6.19. The lowest BCUT2D eigenvalue weighted by Crippen LogP contribution is -2.44. The monoisotopic (exact) mass is 421 g/mol. The van der Waals surface area contributed by atoms with E-state index >= 15 is 0 Å². The second-order valence-corrected chi connectivity index (χ2v) is 8.34. The number of aromatic nitrogens is 2. The zero-order chi connectivity index (χ0) is 21.0. The van der Waals surface area contributed by atoms with Crippen LogP contribution in [0.2, 0.25) is 5.02 Å². The summed E-state index contributed by atoms with van der Waals surface area (Å²) in [6.45, 7) is 6.83. The Kier molecular flexibility index (Phi) is 6.42. The maximum absolute atomic E-state index is 13.3. The van der Waals surface area contributed by atoms with Crippen LogP contribution in [0.5, 0.6) is 0 Å². The van der Waals surface area contributed by atoms with Gasteiger partial charge < -0.3 is 20.3 Å². The zero-order valence-electron chi connectivity index (χ0n) is 16.7. The Balaban J connectivity index is 1.54. The van der Waals surface area contributed by atoms with Crippen molar-refractivity contribution in [2.75, 3.05) is 23.7 Å². The predicted molar refractivity (Wildman–Crippen MR) is 111 cm³/mol. The molecule has 2 N–H and O–H groups in total. The van der Waals surface area contributed by atoms with Crippen LogP contribution >= 0.6 is 11.6 Å². The van der Waals surface area contributed by atoms with Gasteiger partial charge in [0.1, 0.15) is 29.4 Å². The number of piperidine rings is 1. The number of hydrogen-bond donors (Lipinski definition) is 2. The van der Waals surface area contributed by atoms with Crippen molar-refractivity contribution in [3.63, 3.8) is 0 Å². The molecule has 1 aliphatic rings. The van der Waals surface area contributed by atoms with Crippen molar-refractivity contribution in [2.45, 2.75) is 45.3 Å². The van der Waals surface area contributed by atoms with E-state index in [1.165, 1.54) is 18.5 Å². The van der Waals surface area contributed by atoms with Gasteiger partial charge in [0.2, 0.25) is 0 Å². The first-order valence-corrected chi connectivity index (χ1v) is 9.86. The minimum atomic E-state index is -0.495. The fraction of sp³-hybridized carbons (Fsp3) is 0.450. The Morgan fingerprint density at radius 1 is 1.21 bits per heavy atom. The Labute approximate surface area is 174 Å². The van der Waals surface area contributed by atoms with Crippen molar-refractivity contribution in [1.29, 1.82) is 0 Å². The molecule has 1 aromatic carbocycles. The summed E-state index contributed by atoms with van der Waals surface area (Å²) in [5.41, 5.74) is 0.136. The number of nitrogens with zero attached hydrogens (tertiary/aromatic N) is 3. The van der Waals surface area contributed by atoms with Crippen molar-refractivity contribution in [1.82, 2.24) is 14.9 Å². The molecule has 1 amide bonds. The lowest BCUT2D eigenvalue weighted by Gasteiger charge is -2.33. The highest BCUT2D eigenvalue weighted by atomic mass is 35.5. The number of hydrogen-bond acceptors (Lipinski definition) is 6. The number of carbonyl (C=O) groups is 1. The maximum Gasteiger partial charge on any atom is 0.410 e. The van der Waals surface area contributed by atoms with Crippen molar-refractivity contribution in [2.24, 2.45) is 0 Å². The second kappa shape index (κ2) is 8.82. The molecule has 1 aromatic heterocycles. The van der Waals surface area contributed by atoms with Crippen molar-refractivity contribution in [3.05, 3.63) is 41.4 Å². The molecule has 1 fully saturated rings. The van der Waals surface area contributed by atoms with Crippen LogP contribution in [-0.4, -0.2) is 45.7 Å². The molecule has 0 unspecified atom stereocenters. The fourth-order valence-corrected chi connectivity index (χ4v) is 3.15. The Morgan fingerprint density at radius 3 is 2.55 bits per heavy atom. The summed E-state index contributed by atoms with van der Waals surface area (Å²) in [6, 6.07) is 6.35. The van der Waals surface area contributed by atoms with E-state index in [0.29, 0.717) is 30.4 Å². The highest BCUT2D eigenvalue weighted by Gasteiger charge is 2.26. The fourth-order valence-electron chi connectivity index (χ4n) is 2.97. The number of amides is 1. The lowest BCUT2D eigenvalue weighted by atomic mass is 10.1. The summed E-state index contributed by atoms with van der Waals surface area (Å²) in [7, 11) is 0. The Hall–Kier alpha value is -2.61. The number of ether oxygens (including phenoxy) is 1. The number of carbonyl (C=O) groups excluding carboxylic acids is 1. The van der Waals surface area contributed by atoms with E-state index in [9.17, 15) is 9.18 Å². The standard InChI is InChI=1S/C20H25ClFN5O2/c1-20(2,3)29-19(28)27-8-6-13(7-9-27)25-17-11-18(24-12-23-17)26-14-4-5-16(22)15(21)10-14/h4-5,10-13H,6-9H2,1-3H3,(H2,23,24,25,26). The molecule has 7 nitrogen and oxygen atoms in total. The highest BCUT2D eigenvalue weighted by Crippen LogP contribution is 2.23. The van der Waals surface area contributed by atoms with Crippen LogP contribution in [-0.2, 0) is 4.74 Å². The van der Waals surface area contributed by atoms with Gasteiger partial charge in [-0.1, -0.05) is 11.6 Å². The smallest absolute Gasteiger partial charge is 0.410 e. The van der Waals surface area contributed by atoms with Crippen LogP contribution in [0.3, 0.4) is 0 Å². The summed E-state index contributed by atoms with van der Waals surface area (Å²) in [4.78, 5) is 22.3. The lowest BCUT2D eigenvalue weighted by molar-refractivity contribution is 0.0210. The molecule has 0 atom stereocenters. The van der Waals surface area contributed by atoms with Gasteiger partial charge in [0, 0.05) is 30.9 Å². The van der Waals surface area contributed by atoms with Gasteiger partial charge in [0.05, 0.1) is 5.02 Å². The van der Waals surface area contributed by atoms with Gasteiger partial charge in [-0.3, -0.25) is 0 Å². The third-order valence-electron chi connectivity index (χ3n) is 4.36. The van der Waals surface area contributed by atoms with Gasteiger partial charge in [-0.2, -0.15) is 0 Å². The molecule has 0 saturated carbocycles. The van der Waals surface area contributed by atoms with Crippen LogP contribution in [0.25, 0.3) is 0 Å². The summed E-state index contributed by atoms with van der Waals surface area (Å²) in [5, 5.41) is 6.50. The number of nitrogens with one attached hydrogen (secondary N) is 2. The number of halogens is 2. The predicted octanol–water partition coefficient (Wildman–Crippen LogP) is 4.82. The van der Waals surface area contributed by atoms with E-state index in [1.54, 1.807) is 17.0 Å². The van der Waals surface area contributed by atoms with E-state index in [-0.39, 0.29) is 17.2 Å². The molecule has 1 aliphatic heterocycles. The average molecular weight is 422 g/mol. The molecule has 9 heteroatoms. The first kappa shape index (κ1) is 21.1. The van der Waals surface area contributed by atoms with Gasteiger partial charge in [0.15, 0.2) is 0 Å². The SMILES string of the molecule is CC(C)(C)OC(=O)N1CCC(Nc2cc(Nc3ccc(F)c(Cl)c3)ncn2)CC1. The van der Waals surface area contributed by atoms with Crippen LogP contribution < -0.4 is 10.6 Å². The normalized spacial score (nSPS) is 15.1. The second-order valence-electron chi connectivity index (χ2n) is 7.93.